The number of pyridine rings is 1. The van der Waals surface area contributed by atoms with E-state index in [0.29, 0.717) is 5.92 Å². The molecule has 2 rings (SSSR count). The lowest BCUT2D eigenvalue weighted by molar-refractivity contribution is 0.551. The minimum atomic E-state index is 0.668. The Morgan fingerprint density at radius 3 is 2.78 bits per heavy atom. The fraction of sp³-hybridized carbons (Fsp3) is 0.429. The largest absolute Gasteiger partial charge is 0.312 e. The Morgan fingerprint density at radius 1 is 1.33 bits per heavy atom. The molecular formula is C14H20N4. The summed E-state index contributed by atoms with van der Waals surface area (Å²) in [6.45, 7) is 8.36. The van der Waals surface area contributed by atoms with Gasteiger partial charge in [-0.15, -0.1) is 0 Å². The zero-order chi connectivity index (χ0) is 13.0. The van der Waals surface area contributed by atoms with Crippen LogP contribution in [0.4, 0.5) is 0 Å². The van der Waals surface area contributed by atoms with Gasteiger partial charge in [0.05, 0.1) is 0 Å². The van der Waals surface area contributed by atoms with Crippen molar-refractivity contribution in [2.24, 2.45) is 5.92 Å². The maximum absolute atomic E-state index is 4.57. The standard InChI is InChI=1S/C14H20N4/c1-11(2)9-15-10-13-5-6-14(17-12(13)3)18-8-4-7-16-18/h4-8,11,15H,9-10H2,1-3H3. The first-order valence-corrected chi connectivity index (χ1v) is 6.34. The smallest absolute Gasteiger partial charge is 0.153 e. The van der Waals surface area contributed by atoms with E-state index in [9.17, 15) is 0 Å². The maximum atomic E-state index is 4.57. The molecule has 0 amide bonds. The molecule has 0 unspecified atom stereocenters. The molecule has 0 aliphatic rings. The van der Waals surface area contributed by atoms with Crippen LogP contribution >= 0.6 is 0 Å². The highest BCUT2D eigenvalue weighted by molar-refractivity contribution is 5.29. The van der Waals surface area contributed by atoms with E-state index < -0.39 is 0 Å². The van der Waals surface area contributed by atoms with Gasteiger partial charge >= 0.3 is 0 Å². The third-order valence-corrected chi connectivity index (χ3v) is 2.79. The van der Waals surface area contributed by atoms with Crippen molar-refractivity contribution in [3.8, 4) is 5.82 Å². The maximum Gasteiger partial charge on any atom is 0.153 e. The van der Waals surface area contributed by atoms with E-state index in [-0.39, 0.29) is 0 Å². The average Bonchev–Trinajstić information content (AvgIpc) is 2.84. The molecule has 2 aromatic rings. The van der Waals surface area contributed by atoms with Gasteiger partial charge in [0.25, 0.3) is 0 Å². The van der Waals surface area contributed by atoms with Gasteiger partial charge in [-0.25, -0.2) is 9.67 Å². The Labute approximate surface area is 108 Å². The van der Waals surface area contributed by atoms with Crippen LogP contribution in [0, 0.1) is 12.8 Å². The predicted molar refractivity (Wildman–Crippen MR) is 72.6 cm³/mol. The van der Waals surface area contributed by atoms with Crippen molar-refractivity contribution in [2.75, 3.05) is 6.54 Å². The van der Waals surface area contributed by atoms with Crippen LogP contribution in [0.1, 0.15) is 25.1 Å². The van der Waals surface area contributed by atoms with E-state index in [2.05, 4.69) is 35.3 Å². The molecule has 0 saturated carbocycles. The first-order chi connectivity index (χ1) is 8.66. The summed E-state index contributed by atoms with van der Waals surface area (Å²) < 4.78 is 1.78. The van der Waals surface area contributed by atoms with Crippen molar-refractivity contribution in [1.82, 2.24) is 20.1 Å². The molecule has 0 bridgehead atoms. The van der Waals surface area contributed by atoms with Gasteiger partial charge in [-0.2, -0.15) is 5.10 Å². The highest BCUT2D eigenvalue weighted by Crippen LogP contribution is 2.09. The predicted octanol–water partition coefficient (Wildman–Crippen LogP) is 2.32. The van der Waals surface area contributed by atoms with Gasteiger partial charge < -0.3 is 5.32 Å². The Bertz CT molecular complexity index is 489. The van der Waals surface area contributed by atoms with E-state index in [1.54, 1.807) is 10.9 Å². The van der Waals surface area contributed by atoms with E-state index >= 15 is 0 Å². The van der Waals surface area contributed by atoms with Gasteiger partial charge in [-0.3, -0.25) is 0 Å². The molecule has 2 heterocycles. The van der Waals surface area contributed by atoms with Gasteiger partial charge in [0.1, 0.15) is 0 Å². The quantitative estimate of drug-likeness (QED) is 0.877. The van der Waals surface area contributed by atoms with Crippen molar-refractivity contribution in [3.05, 3.63) is 41.9 Å². The molecule has 2 aromatic heterocycles. The molecule has 0 saturated heterocycles. The highest BCUT2D eigenvalue weighted by Gasteiger charge is 2.03. The SMILES string of the molecule is Cc1nc(-n2cccn2)ccc1CNCC(C)C. The summed E-state index contributed by atoms with van der Waals surface area (Å²) in [7, 11) is 0. The highest BCUT2D eigenvalue weighted by atomic mass is 15.3. The molecule has 0 aromatic carbocycles. The van der Waals surface area contributed by atoms with Crippen LogP contribution in [0.2, 0.25) is 0 Å². The van der Waals surface area contributed by atoms with Crippen LogP contribution in [0.15, 0.2) is 30.6 Å². The monoisotopic (exact) mass is 244 g/mol. The molecule has 0 aliphatic carbocycles. The number of aromatic nitrogens is 3. The lowest BCUT2D eigenvalue weighted by Gasteiger charge is -2.10. The van der Waals surface area contributed by atoms with Gasteiger partial charge in [0.15, 0.2) is 5.82 Å². The van der Waals surface area contributed by atoms with E-state index in [4.69, 9.17) is 0 Å². The van der Waals surface area contributed by atoms with Crippen molar-refractivity contribution in [1.29, 1.82) is 0 Å². The molecule has 0 atom stereocenters. The molecule has 4 nitrogen and oxygen atoms in total. The molecule has 18 heavy (non-hydrogen) atoms. The Morgan fingerprint density at radius 2 is 2.17 bits per heavy atom. The topological polar surface area (TPSA) is 42.7 Å². The van der Waals surface area contributed by atoms with Crippen LogP contribution in [0.25, 0.3) is 5.82 Å². The Hall–Kier alpha value is -1.68. The lowest BCUT2D eigenvalue weighted by Crippen LogP contribution is -2.19. The number of rotatable bonds is 5. The fourth-order valence-electron chi connectivity index (χ4n) is 1.79. The summed E-state index contributed by atoms with van der Waals surface area (Å²) in [5.41, 5.74) is 2.30. The summed E-state index contributed by atoms with van der Waals surface area (Å²) >= 11 is 0. The number of nitrogens with zero attached hydrogens (tertiary/aromatic N) is 3. The Balaban J connectivity index is 2.06. The van der Waals surface area contributed by atoms with E-state index in [0.717, 1.165) is 24.6 Å². The van der Waals surface area contributed by atoms with Crippen LogP contribution in [-0.2, 0) is 6.54 Å². The van der Waals surface area contributed by atoms with E-state index in [1.807, 2.05) is 25.3 Å². The van der Waals surface area contributed by atoms with Crippen molar-refractivity contribution in [3.63, 3.8) is 0 Å². The molecule has 0 radical (unpaired) electrons. The number of hydrogen-bond donors (Lipinski definition) is 1. The molecule has 1 N–H and O–H groups in total. The van der Waals surface area contributed by atoms with Crippen molar-refractivity contribution < 1.29 is 0 Å². The minimum Gasteiger partial charge on any atom is -0.312 e. The number of nitrogens with one attached hydrogen (secondary N) is 1. The summed E-state index contributed by atoms with van der Waals surface area (Å²) in [5, 5.41) is 7.61. The van der Waals surface area contributed by atoms with Crippen molar-refractivity contribution in [2.45, 2.75) is 27.3 Å². The summed E-state index contributed by atoms with van der Waals surface area (Å²) in [6.07, 6.45) is 3.66. The molecular weight excluding hydrogens is 224 g/mol. The zero-order valence-corrected chi connectivity index (χ0v) is 11.2. The second kappa shape index (κ2) is 5.78. The van der Waals surface area contributed by atoms with Gasteiger partial charge in [0.2, 0.25) is 0 Å². The molecule has 0 fully saturated rings. The second-order valence-corrected chi connectivity index (χ2v) is 4.89. The molecule has 4 heteroatoms. The number of aryl methyl sites for hydroxylation is 1. The van der Waals surface area contributed by atoms with Gasteiger partial charge in [-0.05, 0) is 37.1 Å². The normalized spacial score (nSPS) is 11.1. The summed E-state index contributed by atoms with van der Waals surface area (Å²) in [5.74, 6) is 1.53. The first-order valence-electron chi connectivity index (χ1n) is 6.34. The fourth-order valence-corrected chi connectivity index (χ4v) is 1.79. The van der Waals surface area contributed by atoms with E-state index in [1.165, 1.54) is 5.56 Å². The molecule has 0 spiro atoms. The summed E-state index contributed by atoms with van der Waals surface area (Å²) in [4.78, 5) is 4.57. The summed E-state index contributed by atoms with van der Waals surface area (Å²) in [6, 6.07) is 6.02. The lowest BCUT2D eigenvalue weighted by atomic mass is 10.2. The van der Waals surface area contributed by atoms with Gasteiger partial charge in [0, 0.05) is 24.6 Å². The first kappa shape index (κ1) is 12.8. The van der Waals surface area contributed by atoms with Crippen molar-refractivity contribution >= 4 is 0 Å². The molecule has 0 aliphatic heterocycles. The third kappa shape index (κ3) is 3.17. The zero-order valence-electron chi connectivity index (χ0n) is 11.2. The van der Waals surface area contributed by atoms with Crippen LogP contribution < -0.4 is 5.32 Å². The van der Waals surface area contributed by atoms with Crippen LogP contribution in [0.5, 0.6) is 0 Å². The van der Waals surface area contributed by atoms with Crippen LogP contribution in [-0.4, -0.2) is 21.3 Å². The second-order valence-electron chi connectivity index (χ2n) is 4.89. The van der Waals surface area contributed by atoms with Crippen LogP contribution in [0.3, 0.4) is 0 Å². The molecule has 96 valence electrons. The number of hydrogen-bond acceptors (Lipinski definition) is 3. The third-order valence-electron chi connectivity index (χ3n) is 2.79. The Kier molecular flexibility index (Phi) is 4.10. The average molecular weight is 244 g/mol. The van der Waals surface area contributed by atoms with Gasteiger partial charge in [-0.1, -0.05) is 19.9 Å². The minimum absolute atomic E-state index is 0.668.